The molecule has 0 radical (unpaired) electrons. The van der Waals surface area contributed by atoms with Crippen molar-refractivity contribution in [1.82, 2.24) is 15.3 Å². The Balaban J connectivity index is 2.47. The molecule has 0 bridgehead atoms. The standard InChI is InChI=1S/C15H21N3O2/c1-4-5-9(2)13(16-3)10-6-7-11-12(8-10)18-15(20)14(19)17-11/h6-9,13,16H,4-5H2,1-3H3,(H,17,19)(H,18,20). The van der Waals surface area contributed by atoms with Gasteiger partial charge in [0.1, 0.15) is 0 Å². The van der Waals surface area contributed by atoms with Gasteiger partial charge < -0.3 is 15.3 Å². The molecule has 0 aliphatic heterocycles. The van der Waals surface area contributed by atoms with Gasteiger partial charge in [0.25, 0.3) is 0 Å². The minimum atomic E-state index is -0.616. The highest BCUT2D eigenvalue weighted by Gasteiger charge is 2.17. The Kier molecular flexibility index (Phi) is 4.39. The van der Waals surface area contributed by atoms with E-state index in [0.29, 0.717) is 17.0 Å². The van der Waals surface area contributed by atoms with E-state index in [1.165, 1.54) is 0 Å². The van der Waals surface area contributed by atoms with Crippen LogP contribution in [0.15, 0.2) is 27.8 Å². The van der Waals surface area contributed by atoms with E-state index in [1.807, 2.05) is 25.2 Å². The molecule has 0 spiro atoms. The van der Waals surface area contributed by atoms with E-state index >= 15 is 0 Å². The number of hydrogen-bond acceptors (Lipinski definition) is 3. The minimum Gasteiger partial charge on any atom is -0.316 e. The van der Waals surface area contributed by atoms with Crippen LogP contribution in [0.5, 0.6) is 0 Å². The van der Waals surface area contributed by atoms with Crippen molar-refractivity contribution in [3.05, 3.63) is 44.5 Å². The summed E-state index contributed by atoms with van der Waals surface area (Å²) in [7, 11) is 1.94. The first-order valence-electron chi connectivity index (χ1n) is 7.00. The van der Waals surface area contributed by atoms with Crippen LogP contribution in [0.25, 0.3) is 11.0 Å². The summed E-state index contributed by atoms with van der Waals surface area (Å²) < 4.78 is 0. The van der Waals surface area contributed by atoms with E-state index in [2.05, 4.69) is 29.1 Å². The summed E-state index contributed by atoms with van der Waals surface area (Å²) in [6.45, 7) is 4.39. The van der Waals surface area contributed by atoms with Crippen LogP contribution < -0.4 is 16.4 Å². The molecule has 2 unspecified atom stereocenters. The topological polar surface area (TPSA) is 77.8 Å². The number of fused-ring (bicyclic) bond motifs is 1. The molecule has 2 atom stereocenters. The van der Waals surface area contributed by atoms with Crippen molar-refractivity contribution in [2.75, 3.05) is 7.05 Å². The maximum atomic E-state index is 11.4. The summed E-state index contributed by atoms with van der Waals surface area (Å²) in [5.74, 6) is 0.497. The zero-order valence-corrected chi connectivity index (χ0v) is 12.1. The van der Waals surface area contributed by atoms with Gasteiger partial charge in [-0.25, -0.2) is 0 Å². The molecule has 2 rings (SSSR count). The number of aromatic nitrogens is 2. The third kappa shape index (κ3) is 2.82. The fraction of sp³-hybridized carbons (Fsp3) is 0.467. The molecule has 3 N–H and O–H groups in total. The van der Waals surface area contributed by atoms with Gasteiger partial charge in [-0.05, 0) is 37.1 Å². The monoisotopic (exact) mass is 275 g/mol. The lowest BCUT2D eigenvalue weighted by molar-refractivity contribution is 0.384. The third-order valence-electron chi connectivity index (χ3n) is 3.73. The number of nitrogens with one attached hydrogen (secondary N) is 3. The zero-order chi connectivity index (χ0) is 14.7. The van der Waals surface area contributed by atoms with Gasteiger partial charge in [-0.2, -0.15) is 0 Å². The average molecular weight is 275 g/mol. The Hall–Kier alpha value is -1.88. The Morgan fingerprint density at radius 2 is 1.80 bits per heavy atom. The van der Waals surface area contributed by atoms with Crippen molar-refractivity contribution >= 4 is 11.0 Å². The summed E-state index contributed by atoms with van der Waals surface area (Å²) in [4.78, 5) is 27.9. The molecule has 5 heteroatoms. The Morgan fingerprint density at radius 3 is 2.40 bits per heavy atom. The quantitative estimate of drug-likeness (QED) is 0.729. The van der Waals surface area contributed by atoms with Crippen molar-refractivity contribution in [2.45, 2.75) is 32.7 Å². The van der Waals surface area contributed by atoms with Gasteiger partial charge in [0.05, 0.1) is 11.0 Å². The molecule has 0 fully saturated rings. The number of hydrogen-bond donors (Lipinski definition) is 3. The number of H-pyrrole nitrogens is 2. The second kappa shape index (κ2) is 6.05. The van der Waals surface area contributed by atoms with E-state index in [9.17, 15) is 9.59 Å². The predicted octanol–water partition coefficient (Wildman–Crippen LogP) is 1.91. The molecule has 1 aromatic carbocycles. The summed E-state index contributed by atoms with van der Waals surface area (Å²) in [6.07, 6.45) is 2.27. The molecule has 20 heavy (non-hydrogen) atoms. The highest BCUT2D eigenvalue weighted by molar-refractivity contribution is 5.74. The lowest BCUT2D eigenvalue weighted by Crippen LogP contribution is -2.29. The van der Waals surface area contributed by atoms with Crippen molar-refractivity contribution in [2.24, 2.45) is 5.92 Å². The van der Waals surface area contributed by atoms with Crippen LogP contribution in [0.2, 0.25) is 0 Å². The van der Waals surface area contributed by atoms with Gasteiger partial charge in [-0.15, -0.1) is 0 Å². The summed E-state index contributed by atoms with van der Waals surface area (Å²) in [5, 5.41) is 3.33. The maximum absolute atomic E-state index is 11.4. The molecule has 1 heterocycles. The summed E-state index contributed by atoms with van der Waals surface area (Å²) in [6, 6.07) is 5.99. The van der Waals surface area contributed by atoms with Crippen LogP contribution in [-0.2, 0) is 0 Å². The highest BCUT2D eigenvalue weighted by atomic mass is 16.2. The van der Waals surface area contributed by atoms with Gasteiger partial charge in [-0.1, -0.05) is 26.3 Å². The van der Waals surface area contributed by atoms with Crippen LogP contribution in [0, 0.1) is 5.92 Å². The summed E-state index contributed by atoms with van der Waals surface area (Å²) >= 11 is 0. The average Bonchev–Trinajstić information content (AvgIpc) is 2.41. The fourth-order valence-corrected chi connectivity index (χ4v) is 2.73. The first-order chi connectivity index (χ1) is 9.56. The van der Waals surface area contributed by atoms with Gasteiger partial charge in [-0.3, -0.25) is 9.59 Å². The van der Waals surface area contributed by atoms with Gasteiger partial charge in [0, 0.05) is 6.04 Å². The number of rotatable bonds is 5. The second-order valence-corrected chi connectivity index (χ2v) is 5.25. The largest absolute Gasteiger partial charge is 0.316 e. The zero-order valence-electron chi connectivity index (χ0n) is 12.1. The lowest BCUT2D eigenvalue weighted by Gasteiger charge is -2.24. The third-order valence-corrected chi connectivity index (χ3v) is 3.73. The fourth-order valence-electron chi connectivity index (χ4n) is 2.73. The Morgan fingerprint density at radius 1 is 1.15 bits per heavy atom. The predicted molar refractivity (Wildman–Crippen MR) is 81.1 cm³/mol. The van der Waals surface area contributed by atoms with Crippen molar-refractivity contribution in [1.29, 1.82) is 0 Å². The molecule has 108 valence electrons. The van der Waals surface area contributed by atoms with Crippen LogP contribution >= 0.6 is 0 Å². The molecule has 2 aromatic rings. The molecular formula is C15H21N3O2. The van der Waals surface area contributed by atoms with Crippen molar-refractivity contribution < 1.29 is 0 Å². The molecule has 0 aliphatic rings. The second-order valence-electron chi connectivity index (χ2n) is 5.25. The number of aromatic amines is 2. The van der Waals surface area contributed by atoms with Gasteiger partial charge in [0.2, 0.25) is 0 Å². The lowest BCUT2D eigenvalue weighted by atomic mass is 9.91. The first-order valence-corrected chi connectivity index (χ1v) is 7.00. The highest BCUT2D eigenvalue weighted by Crippen LogP contribution is 2.26. The molecule has 0 amide bonds. The molecular weight excluding hydrogens is 254 g/mol. The van der Waals surface area contributed by atoms with Crippen LogP contribution in [-0.4, -0.2) is 17.0 Å². The van der Waals surface area contributed by atoms with Gasteiger partial charge in [0.15, 0.2) is 0 Å². The van der Waals surface area contributed by atoms with Crippen molar-refractivity contribution in [3.8, 4) is 0 Å². The first kappa shape index (κ1) is 14.5. The SMILES string of the molecule is CCCC(C)C(NC)c1ccc2[nH]c(=O)c(=O)[nH]c2c1. The molecule has 0 saturated heterocycles. The summed E-state index contributed by atoms with van der Waals surface area (Å²) in [5.41, 5.74) is 1.20. The van der Waals surface area contributed by atoms with E-state index in [-0.39, 0.29) is 6.04 Å². The Labute approximate surface area is 117 Å². The maximum Gasteiger partial charge on any atom is 0.314 e. The normalized spacial score (nSPS) is 14.3. The van der Waals surface area contributed by atoms with Crippen LogP contribution in [0.4, 0.5) is 0 Å². The van der Waals surface area contributed by atoms with Crippen molar-refractivity contribution in [3.63, 3.8) is 0 Å². The Bertz CT molecular complexity index is 702. The van der Waals surface area contributed by atoms with Gasteiger partial charge >= 0.3 is 11.1 Å². The molecule has 1 aromatic heterocycles. The molecule has 5 nitrogen and oxygen atoms in total. The molecule has 0 aliphatic carbocycles. The number of benzene rings is 1. The smallest absolute Gasteiger partial charge is 0.314 e. The van der Waals surface area contributed by atoms with E-state index in [4.69, 9.17) is 0 Å². The molecule has 0 saturated carbocycles. The van der Waals surface area contributed by atoms with E-state index in [1.54, 1.807) is 0 Å². The van der Waals surface area contributed by atoms with Crippen LogP contribution in [0.3, 0.4) is 0 Å². The minimum absolute atomic E-state index is 0.231. The van der Waals surface area contributed by atoms with E-state index in [0.717, 1.165) is 18.4 Å². The van der Waals surface area contributed by atoms with E-state index < -0.39 is 11.1 Å². The van der Waals surface area contributed by atoms with Crippen LogP contribution in [0.1, 0.15) is 38.3 Å².